The Morgan fingerprint density at radius 3 is 2.29 bits per heavy atom. The third kappa shape index (κ3) is 1.50. The van der Waals surface area contributed by atoms with Crippen molar-refractivity contribution < 1.29 is 14.7 Å². The number of carbonyl (C=O) groups excluding carboxylic acids is 1. The Bertz CT molecular complexity index is 597. The number of hydrogen-bond donors (Lipinski definition) is 1. The summed E-state index contributed by atoms with van der Waals surface area (Å²) in [6.45, 7) is 5.48. The molecule has 1 N–H and O–H groups in total. The molecule has 88 valence electrons. The van der Waals surface area contributed by atoms with Gasteiger partial charge < -0.3 is 5.11 Å². The summed E-state index contributed by atoms with van der Waals surface area (Å²) >= 11 is 5.83. The first-order valence-corrected chi connectivity index (χ1v) is 5.53. The van der Waals surface area contributed by atoms with Gasteiger partial charge in [-0.3, -0.25) is 4.79 Å². The van der Waals surface area contributed by atoms with Crippen molar-refractivity contribution in [3.63, 3.8) is 0 Å². The molecule has 3 nitrogen and oxygen atoms in total. The maximum absolute atomic E-state index is 11.9. The number of aliphatic carboxylic acids is 1. The first-order chi connectivity index (χ1) is 7.86. The minimum absolute atomic E-state index is 0.0732. The minimum Gasteiger partial charge on any atom is -0.478 e. The second-order valence-electron chi connectivity index (χ2n) is 4.21. The fourth-order valence-electron chi connectivity index (χ4n) is 2.23. The van der Waals surface area contributed by atoms with E-state index in [1.54, 1.807) is 13.8 Å². The van der Waals surface area contributed by atoms with E-state index in [2.05, 4.69) is 0 Å². The van der Waals surface area contributed by atoms with Gasteiger partial charge in [0.25, 0.3) is 0 Å². The van der Waals surface area contributed by atoms with E-state index in [0.717, 1.165) is 16.7 Å². The van der Waals surface area contributed by atoms with Gasteiger partial charge in [0.05, 0.1) is 5.57 Å². The lowest BCUT2D eigenvalue weighted by atomic mass is 9.92. The molecule has 0 atom stereocenters. The molecular weight excluding hydrogens is 240 g/mol. The maximum atomic E-state index is 11.9. The van der Waals surface area contributed by atoms with E-state index in [1.807, 2.05) is 13.0 Å². The van der Waals surface area contributed by atoms with Gasteiger partial charge in [0.15, 0.2) is 0 Å². The van der Waals surface area contributed by atoms with E-state index in [1.165, 1.54) is 0 Å². The number of carboxylic acids is 1. The molecule has 1 aliphatic carbocycles. The molecule has 17 heavy (non-hydrogen) atoms. The lowest BCUT2D eigenvalue weighted by molar-refractivity contribution is -0.130. The van der Waals surface area contributed by atoms with Gasteiger partial charge in [-0.15, -0.1) is 0 Å². The van der Waals surface area contributed by atoms with Gasteiger partial charge >= 0.3 is 5.97 Å². The quantitative estimate of drug-likeness (QED) is 0.834. The summed E-state index contributed by atoms with van der Waals surface area (Å²) in [4.78, 5) is 23.1. The van der Waals surface area contributed by atoms with Crippen LogP contribution in [-0.4, -0.2) is 16.9 Å². The molecule has 0 aliphatic heterocycles. The van der Waals surface area contributed by atoms with Crippen molar-refractivity contribution in [3.8, 4) is 0 Å². The zero-order valence-corrected chi connectivity index (χ0v) is 10.5. The highest BCUT2D eigenvalue weighted by Gasteiger charge is 2.35. The van der Waals surface area contributed by atoms with Gasteiger partial charge in [0.1, 0.15) is 5.03 Å². The van der Waals surface area contributed by atoms with Crippen LogP contribution in [0.1, 0.15) is 32.6 Å². The standard InChI is InChI=1S/C13H11ClO3/c1-5-4-6(2)8-9(7(5)3)10(13(16)17)11(14)12(8)15/h4H,1-3H3,(H,16,17). The number of benzene rings is 1. The van der Waals surface area contributed by atoms with E-state index in [-0.39, 0.29) is 16.4 Å². The second kappa shape index (κ2) is 3.70. The van der Waals surface area contributed by atoms with Crippen LogP contribution in [0.5, 0.6) is 0 Å². The summed E-state index contributed by atoms with van der Waals surface area (Å²) in [6.07, 6.45) is 0. The van der Waals surface area contributed by atoms with Crippen molar-refractivity contribution in [2.45, 2.75) is 20.8 Å². The van der Waals surface area contributed by atoms with E-state index >= 15 is 0 Å². The number of carboxylic acid groups (broad SMARTS) is 1. The molecule has 0 heterocycles. The van der Waals surface area contributed by atoms with Crippen LogP contribution in [0.15, 0.2) is 11.1 Å². The average molecular weight is 251 g/mol. The van der Waals surface area contributed by atoms with Crippen molar-refractivity contribution in [1.82, 2.24) is 0 Å². The van der Waals surface area contributed by atoms with Crippen LogP contribution in [0.25, 0.3) is 5.57 Å². The number of rotatable bonds is 1. The number of allylic oxidation sites excluding steroid dienone is 1. The van der Waals surface area contributed by atoms with Crippen molar-refractivity contribution in [2.24, 2.45) is 0 Å². The first kappa shape index (κ1) is 11.9. The smallest absolute Gasteiger partial charge is 0.338 e. The van der Waals surface area contributed by atoms with Crippen molar-refractivity contribution >= 4 is 28.9 Å². The molecule has 4 heteroatoms. The van der Waals surface area contributed by atoms with E-state index in [9.17, 15) is 9.59 Å². The average Bonchev–Trinajstić information content (AvgIpc) is 2.49. The molecule has 0 spiro atoms. The first-order valence-electron chi connectivity index (χ1n) is 5.15. The number of ketones is 1. The monoisotopic (exact) mass is 250 g/mol. The highest BCUT2D eigenvalue weighted by Crippen LogP contribution is 2.39. The molecule has 0 radical (unpaired) electrons. The molecule has 1 aromatic carbocycles. The van der Waals surface area contributed by atoms with Crippen molar-refractivity contribution in [1.29, 1.82) is 0 Å². The highest BCUT2D eigenvalue weighted by molar-refractivity contribution is 6.55. The Kier molecular flexibility index (Phi) is 2.59. The van der Waals surface area contributed by atoms with Crippen LogP contribution in [0.2, 0.25) is 0 Å². The molecule has 2 rings (SSSR count). The van der Waals surface area contributed by atoms with Gasteiger partial charge in [-0.2, -0.15) is 0 Å². The molecule has 0 amide bonds. The van der Waals surface area contributed by atoms with Gasteiger partial charge in [0.2, 0.25) is 5.78 Å². The lowest BCUT2D eigenvalue weighted by Gasteiger charge is -2.11. The Labute approximate surface area is 104 Å². The molecule has 0 aromatic heterocycles. The van der Waals surface area contributed by atoms with Crippen LogP contribution in [0.3, 0.4) is 0 Å². The predicted molar refractivity (Wildman–Crippen MR) is 65.4 cm³/mol. The molecule has 1 aliphatic rings. The number of Topliss-reactive ketones (excluding diaryl/α,β-unsaturated/α-hetero) is 1. The third-order valence-electron chi connectivity index (χ3n) is 3.15. The summed E-state index contributed by atoms with van der Waals surface area (Å²) in [5.41, 5.74) is 3.35. The Hall–Kier alpha value is -1.61. The molecule has 0 fully saturated rings. The van der Waals surface area contributed by atoms with Crippen molar-refractivity contribution in [3.05, 3.63) is 38.9 Å². The number of carbonyl (C=O) groups is 2. The van der Waals surface area contributed by atoms with E-state index < -0.39 is 5.97 Å². The topological polar surface area (TPSA) is 54.4 Å². The SMILES string of the molecule is Cc1cc(C)c2c(c1C)C(C(=O)O)=C(Cl)C2=O. The van der Waals surface area contributed by atoms with Crippen LogP contribution < -0.4 is 0 Å². The number of halogens is 1. The number of aryl methyl sites for hydroxylation is 2. The third-order valence-corrected chi connectivity index (χ3v) is 3.51. The van der Waals surface area contributed by atoms with Crippen LogP contribution in [0, 0.1) is 20.8 Å². The summed E-state index contributed by atoms with van der Waals surface area (Å²) in [7, 11) is 0. The highest BCUT2D eigenvalue weighted by atomic mass is 35.5. The van der Waals surface area contributed by atoms with Crippen LogP contribution >= 0.6 is 11.6 Å². The predicted octanol–water partition coefficient (Wildman–Crippen LogP) is 2.84. The fraction of sp³-hybridized carbons (Fsp3) is 0.231. The number of hydrogen-bond acceptors (Lipinski definition) is 2. The van der Waals surface area contributed by atoms with E-state index in [0.29, 0.717) is 11.1 Å². The van der Waals surface area contributed by atoms with Gasteiger partial charge in [-0.05, 0) is 37.5 Å². The maximum Gasteiger partial charge on any atom is 0.338 e. The van der Waals surface area contributed by atoms with Crippen LogP contribution in [-0.2, 0) is 4.79 Å². The van der Waals surface area contributed by atoms with Crippen LogP contribution in [0.4, 0.5) is 0 Å². The van der Waals surface area contributed by atoms with E-state index in [4.69, 9.17) is 16.7 Å². The number of fused-ring (bicyclic) bond motifs is 1. The van der Waals surface area contributed by atoms with Gasteiger partial charge in [-0.1, -0.05) is 17.7 Å². The molecule has 0 unspecified atom stereocenters. The zero-order valence-electron chi connectivity index (χ0n) is 9.72. The zero-order chi connectivity index (χ0) is 12.9. The normalized spacial score (nSPS) is 14.2. The molecule has 0 bridgehead atoms. The lowest BCUT2D eigenvalue weighted by Crippen LogP contribution is -2.03. The summed E-state index contributed by atoms with van der Waals surface area (Å²) in [5.74, 6) is -1.55. The van der Waals surface area contributed by atoms with Gasteiger partial charge in [-0.25, -0.2) is 4.79 Å². The largest absolute Gasteiger partial charge is 0.478 e. The minimum atomic E-state index is -1.16. The molecule has 0 saturated carbocycles. The second-order valence-corrected chi connectivity index (χ2v) is 4.59. The molecular formula is C13H11ClO3. The Morgan fingerprint density at radius 2 is 1.76 bits per heavy atom. The Balaban J connectivity index is 2.91. The van der Waals surface area contributed by atoms with Gasteiger partial charge in [0, 0.05) is 11.1 Å². The van der Waals surface area contributed by atoms with Crippen molar-refractivity contribution in [2.75, 3.05) is 0 Å². The molecule has 0 saturated heterocycles. The Morgan fingerprint density at radius 1 is 1.18 bits per heavy atom. The summed E-state index contributed by atoms with van der Waals surface area (Å²) in [6, 6.07) is 1.88. The summed E-state index contributed by atoms with van der Waals surface area (Å²) < 4.78 is 0. The molecule has 1 aromatic rings. The fourth-order valence-corrected chi connectivity index (χ4v) is 2.50. The summed E-state index contributed by atoms with van der Waals surface area (Å²) in [5, 5.41) is 8.97.